The first-order chi connectivity index (χ1) is 12.4. The molecule has 1 amide bonds. The molecule has 0 aliphatic rings. The molecule has 0 radical (unpaired) electrons. The summed E-state index contributed by atoms with van der Waals surface area (Å²) in [6.07, 6.45) is 0. The normalized spacial score (nSPS) is 11.7. The van der Waals surface area contributed by atoms with E-state index in [1.807, 2.05) is 43.3 Å². The summed E-state index contributed by atoms with van der Waals surface area (Å²) in [5.74, 6) is 0.294. The molecule has 26 heavy (non-hydrogen) atoms. The van der Waals surface area contributed by atoms with Crippen LogP contribution in [0.1, 0.15) is 54.2 Å². The zero-order valence-electron chi connectivity index (χ0n) is 15.6. The van der Waals surface area contributed by atoms with Gasteiger partial charge in [-0.05, 0) is 48.2 Å². The first-order valence-electron chi connectivity index (χ1n) is 8.61. The van der Waals surface area contributed by atoms with Gasteiger partial charge in [-0.25, -0.2) is 4.79 Å². The largest absolute Gasteiger partial charge is 0.497 e. The molecular weight excluding hydrogens is 330 g/mol. The Labute approximate surface area is 154 Å². The molecule has 2 rings (SSSR count). The molecular formula is C21H25NO4. The Balaban J connectivity index is 1.84. The molecule has 2 aromatic carbocycles. The Kier molecular flexibility index (Phi) is 6.78. The molecule has 0 aromatic heterocycles. The highest BCUT2D eigenvalue weighted by atomic mass is 16.5. The van der Waals surface area contributed by atoms with Gasteiger partial charge < -0.3 is 14.8 Å². The third-order valence-corrected chi connectivity index (χ3v) is 4.14. The average Bonchev–Trinajstić information content (AvgIpc) is 2.66. The van der Waals surface area contributed by atoms with Crippen LogP contribution in [0.3, 0.4) is 0 Å². The van der Waals surface area contributed by atoms with Crippen molar-refractivity contribution in [3.05, 3.63) is 65.2 Å². The van der Waals surface area contributed by atoms with Crippen LogP contribution in [0.4, 0.5) is 0 Å². The number of hydrogen-bond acceptors (Lipinski definition) is 4. The highest BCUT2D eigenvalue weighted by Gasteiger charge is 2.13. The maximum atomic E-state index is 12.0. The van der Waals surface area contributed by atoms with Crippen molar-refractivity contribution in [3.63, 3.8) is 0 Å². The van der Waals surface area contributed by atoms with Gasteiger partial charge in [-0.2, -0.15) is 0 Å². The minimum absolute atomic E-state index is 0.197. The van der Waals surface area contributed by atoms with Crippen molar-refractivity contribution in [1.82, 2.24) is 5.32 Å². The lowest BCUT2D eigenvalue weighted by Crippen LogP contribution is -2.31. The monoisotopic (exact) mass is 355 g/mol. The molecule has 5 heteroatoms. The number of ether oxygens (including phenoxy) is 2. The first kappa shape index (κ1) is 19.5. The lowest BCUT2D eigenvalue weighted by Gasteiger charge is -2.15. The van der Waals surface area contributed by atoms with Crippen molar-refractivity contribution in [2.75, 3.05) is 13.7 Å². The van der Waals surface area contributed by atoms with Gasteiger partial charge in [-0.1, -0.05) is 38.1 Å². The van der Waals surface area contributed by atoms with Crippen LogP contribution in [0.25, 0.3) is 0 Å². The van der Waals surface area contributed by atoms with Crippen LogP contribution in [0, 0.1) is 0 Å². The molecule has 0 aliphatic heterocycles. The highest BCUT2D eigenvalue weighted by molar-refractivity contribution is 5.91. The SMILES string of the molecule is COc1ccc([C@@H](C)NC(=O)COC(=O)c2ccc(C(C)C)cc2)cc1. The van der Waals surface area contributed by atoms with Gasteiger partial charge in [-0.3, -0.25) is 4.79 Å². The smallest absolute Gasteiger partial charge is 0.338 e. The van der Waals surface area contributed by atoms with Crippen LogP contribution >= 0.6 is 0 Å². The summed E-state index contributed by atoms with van der Waals surface area (Å²) in [5.41, 5.74) is 2.52. The number of benzene rings is 2. The predicted molar refractivity (Wildman–Crippen MR) is 100 cm³/mol. The average molecular weight is 355 g/mol. The molecule has 5 nitrogen and oxygen atoms in total. The quantitative estimate of drug-likeness (QED) is 0.766. The fourth-order valence-electron chi connectivity index (χ4n) is 2.48. The van der Waals surface area contributed by atoms with Gasteiger partial charge in [0.15, 0.2) is 6.61 Å². The highest BCUT2D eigenvalue weighted by Crippen LogP contribution is 2.17. The second kappa shape index (κ2) is 9.04. The van der Waals surface area contributed by atoms with Gasteiger partial charge in [0.1, 0.15) is 5.75 Å². The van der Waals surface area contributed by atoms with Gasteiger partial charge in [0, 0.05) is 0 Å². The summed E-state index contributed by atoms with van der Waals surface area (Å²) < 4.78 is 10.2. The number of methoxy groups -OCH3 is 1. The van der Waals surface area contributed by atoms with Crippen LogP contribution in [-0.2, 0) is 9.53 Å². The van der Waals surface area contributed by atoms with E-state index in [1.165, 1.54) is 0 Å². The van der Waals surface area contributed by atoms with E-state index in [0.29, 0.717) is 11.5 Å². The Morgan fingerprint density at radius 3 is 2.04 bits per heavy atom. The van der Waals surface area contributed by atoms with Gasteiger partial charge in [0.05, 0.1) is 18.7 Å². The molecule has 0 unspecified atom stereocenters. The third kappa shape index (κ3) is 5.34. The maximum Gasteiger partial charge on any atom is 0.338 e. The summed E-state index contributed by atoms with van der Waals surface area (Å²) in [7, 11) is 1.60. The second-order valence-corrected chi connectivity index (χ2v) is 6.42. The van der Waals surface area contributed by atoms with Crippen LogP contribution in [0.2, 0.25) is 0 Å². The Morgan fingerprint density at radius 2 is 1.50 bits per heavy atom. The zero-order valence-corrected chi connectivity index (χ0v) is 15.6. The Bertz CT molecular complexity index is 736. The molecule has 0 saturated heterocycles. The number of nitrogens with one attached hydrogen (secondary N) is 1. The van der Waals surface area contributed by atoms with E-state index in [9.17, 15) is 9.59 Å². The van der Waals surface area contributed by atoms with Crippen LogP contribution in [0.5, 0.6) is 5.75 Å². The van der Waals surface area contributed by atoms with Crippen LogP contribution in [0.15, 0.2) is 48.5 Å². The third-order valence-electron chi connectivity index (χ3n) is 4.14. The Morgan fingerprint density at radius 1 is 0.923 bits per heavy atom. The summed E-state index contributed by atoms with van der Waals surface area (Å²) in [4.78, 5) is 24.1. The molecule has 138 valence electrons. The van der Waals surface area contributed by atoms with Crippen molar-refractivity contribution in [2.24, 2.45) is 0 Å². The van der Waals surface area contributed by atoms with E-state index in [1.54, 1.807) is 19.2 Å². The molecule has 0 fully saturated rings. The molecule has 0 bridgehead atoms. The lowest BCUT2D eigenvalue weighted by atomic mass is 10.0. The number of carbonyl (C=O) groups is 2. The number of hydrogen-bond donors (Lipinski definition) is 1. The maximum absolute atomic E-state index is 12.0. The van der Waals surface area contributed by atoms with Crippen LogP contribution < -0.4 is 10.1 Å². The van der Waals surface area contributed by atoms with E-state index < -0.39 is 5.97 Å². The standard InChI is InChI=1S/C21H25NO4/c1-14(2)16-5-7-18(8-6-16)21(24)26-13-20(23)22-15(3)17-9-11-19(25-4)12-10-17/h5-12,14-15H,13H2,1-4H3,(H,22,23)/t15-/m1/s1. The second-order valence-electron chi connectivity index (χ2n) is 6.42. The van der Waals surface area contributed by atoms with Gasteiger partial charge in [-0.15, -0.1) is 0 Å². The lowest BCUT2D eigenvalue weighted by molar-refractivity contribution is -0.124. The molecule has 0 heterocycles. The number of esters is 1. The van der Waals surface area contributed by atoms with E-state index in [0.717, 1.165) is 16.9 Å². The molecule has 1 atom stereocenters. The number of amides is 1. The molecule has 0 saturated carbocycles. The summed E-state index contributed by atoms with van der Waals surface area (Å²) in [6.45, 7) is 5.72. The van der Waals surface area contributed by atoms with E-state index in [-0.39, 0.29) is 18.6 Å². The summed E-state index contributed by atoms with van der Waals surface area (Å²) in [5, 5.41) is 2.81. The molecule has 0 aliphatic carbocycles. The molecule has 2 aromatic rings. The van der Waals surface area contributed by atoms with Crippen molar-refractivity contribution in [2.45, 2.75) is 32.7 Å². The topological polar surface area (TPSA) is 64.6 Å². The van der Waals surface area contributed by atoms with Gasteiger partial charge in [0.25, 0.3) is 5.91 Å². The van der Waals surface area contributed by atoms with Gasteiger partial charge >= 0.3 is 5.97 Å². The molecule has 0 spiro atoms. The number of carbonyl (C=O) groups excluding carboxylic acids is 2. The van der Waals surface area contributed by atoms with Crippen molar-refractivity contribution in [1.29, 1.82) is 0 Å². The zero-order chi connectivity index (χ0) is 19.1. The minimum Gasteiger partial charge on any atom is -0.497 e. The fraction of sp³-hybridized carbons (Fsp3) is 0.333. The van der Waals surface area contributed by atoms with Gasteiger partial charge in [0.2, 0.25) is 0 Å². The first-order valence-corrected chi connectivity index (χ1v) is 8.61. The van der Waals surface area contributed by atoms with Crippen LogP contribution in [-0.4, -0.2) is 25.6 Å². The summed E-state index contributed by atoms with van der Waals surface area (Å²) in [6, 6.07) is 14.5. The van der Waals surface area contributed by atoms with Crippen molar-refractivity contribution in [3.8, 4) is 5.75 Å². The van der Waals surface area contributed by atoms with E-state index in [4.69, 9.17) is 9.47 Å². The van der Waals surface area contributed by atoms with Crippen molar-refractivity contribution >= 4 is 11.9 Å². The minimum atomic E-state index is -0.507. The predicted octanol–water partition coefficient (Wildman–Crippen LogP) is 3.85. The Hall–Kier alpha value is -2.82. The summed E-state index contributed by atoms with van der Waals surface area (Å²) >= 11 is 0. The van der Waals surface area contributed by atoms with E-state index >= 15 is 0 Å². The van der Waals surface area contributed by atoms with Crippen molar-refractivity contribution < 1.29 is 19.1 Å². The molecule has 1 N–H and O–H groups in total. The fourth-order valence-corrected chi connectivity index (χ4v) is 2.48. The van der Waals surface area contributed by atoms with E-state index in [2.05, 4.69) is 19.2 Å². The number of rotatable bonds is 7.